The van der Waals surface area contributed by atoms with Gasteiger partial charge in [-0.3, -0.25) is 0 Å². The quantitative estimate of drug-likeness (QED) is 0.803. The third-order valence-corrected chi connectivity index (χ3v) is 4.36. The average Bonchev–Trinajstić information content (AvgIpc) is 2.93. The normalized spacial score (nSPS) is 16.2. The van der Waals surface area contributed by atoms with Crippen LogP contribution in [0.3, 0.4) is 0 Å². The average molecular weight is 337 g/mol. The molecule has 108 valence electrons. The van der Waals surface area contributed by atoms with Crippen LogP contribution in [0.15, 0.2) is 34.4 Å². The zero-order valence-corrected chi connectivity index (χ0v) is 13.6. The molecule has 4 heteroatoms. The van der Waals surface area contributed by atoms with Gasteiger partial charge < -0.3 is 10.6 Å². The fraction of sp³-hybridized carbons (Fsp3) is 0.438. The Hall–Kier alpha value is -1.29. The highest BCUT2D eigenvalue weighted by Crippen LogP contribution is 2.30. The van der Waals surface area contributed by atoms with Crippen molar-refractivity contribution in [1.29, 1.82) is 0 Å². The van der Waals surface area contributed by atoms with E-state index in [1.165, 1.54) is 31.3 Å². The number of benzene rings is 1. The fourth-order valence-corrected chi connectivity index (χ4v) is 3.08. The van der Waals surface area contributed by atoms with E-state index in [4.69, 9.17) is 0 Å². The van der Waals surface area contributed by atoms with Gasteiger partial charge in [0, 0.05) is 16.4 Å². The van der Waals surface area contributed by atoms with Crippen molar-refractivity contribution in [3.63, 3.8) is 0 Å². The third-order valence-electron chi connectivity index (χ3n) is 3.87. The molecule has 0 radical (unpaired) electrons. The standard InChI is InChI=1S/C16H21BrN2O/c1-11-9-14(17)7-8-15(11)19-16(20)18-10-12(2)13-5-3-4-6-13/h7-10,13H,3-6H2,1-2H3,(H2,18,19,20)/b12-10+. The smallest absolute Gasteiger partial charge is 0.314 e. The number of aryl methyl sites for hydroxylation is 1. The lowest BCUT2D eigenvalue weighted by atomic mass is 10.0. The first-order valence-corrected chi connectivity index (χ1v) is 7.86. The highest BCUT2D eigenvalue weighted by Gasteiger charge is 2.16. The van der Waals surface area contributed by atoms with Gasteiger partial charge in [0.1, 0.15) is 0 Å². The van der Waals surface area contributed by atoms with Crippen LogP contribution in [0, 0.1) is 12.8 Å². The molecule has 2 amide bonds. The maximum absolute atomic E-state index is 11.9. The summed E-state index contributed by atoms with van der Waals surface area (Å²) < 4.78 is 1.01. The number of anilines is 1. The van der Waals surface area contributed by atoms with Gasteiger partial charge in [0.25, 0.3) is 0 Å². The molecule has 1 aliphatic rings. The number of carbonyl (C=O) groups excluding carboxylic acids is 1. The van der Waals surface area contributed by atoms with Crippen LogP contribution in [0.2, 0.25) is 0 Å². The van der Waals surface area contributed by atoms with Gasteiger partial charge in [-0.05, 0) is 56.4 Å². The van der Waals surface area contributed by atoms with Crippen molar-refractivity contribution in [2.75, 3.05) is 5.32 Å². The predicted molar refractivity (Wildman–Crippen MR) is 86.7 cm³/mol. The Balaban J connectivity index is 1.90. The van der Waals surface area contributed by atoms with Gasteiger partial charge in [0.2, 0.25) is 0 Å². The van der Waals surface area contributed by atoms with Crippen LogP contribution in [-0.4, -0.2) is 6.03 Å². The highest BCUT2D eigenvalue weighted by molar-refractivity contribution is 9.10. The molecule has 2 rings (SSSR count). The SMILES string of the molecule is C/C(=C\NC(=O)Nc1ccc(Br)cc1C)C1CCCC1. The van der Waals surface area contributed by atoms with E-state index in [2.05, 4.69) is 33.5 Å². The van der Waals surface area contributed by atoms with Crippen molar-refractivity contribution in [2.24, 2.45) is 5.92 Å². The summed E-state index contributed by atoms with van der Waals surface area (Å²) in [5.74, 6) is 0.643. The first kappa shape index (κ1) is 15.1. The molecule has 3 nitrogen and oxygen atoms in total. The molecule has 0 bridgehead atoms. The number of halogens is 1. The lowest BCUT2D eigenvalue weighted by molar-refractivity contribution is 0.255. The summed E-state index contributed by atoms with van der Waals surface area (Å²) >= 11 is 3.41. The second-order valence-corrected chi connectivity index (χ2v) is 6.34. The number of nitrogens with one attached hydrogen (secondary N) is 2. The molecule has 0 heterocycles. The van der Waals surface area contributed by atoms with Gasteiger partial charge in [0.05, 0.1) is 0 Å². The van der Waals surface area contributed by atoms with Crippen molar-refractivity contribution >= 4 is 27.6 Å². The number of allylic oxidation sites excluding steroid dienone is 1. The van der Waals surface area contributed by atoms with Crippen molar-refractivity contribution in [3.05, 3.63) is 40.0 Å². The maximum Gasteiger partial charge on any atom is 0.323 e. The molecule has 0 atom stereocenters. The summed E-state index contributed by atoms with van der Waals surface area (Å²) in [5, 5.41) is 5.69. The van der Waals surface area contributed by atoms with Gasteiger partial charge >= 0.3 is 6.03 Å². The Kier molecular flexibility index (Phi) is 5.24. The summed E-state index contributed by atoms with van der Waals surface area (Å²) in [6, 6.07) is 5.61. The monoisotopic (exact) mass is 336 g/mol. The molecule has 0 saturated heterocycles. The van der Waals surface area contributed by atoms with Gasteiger partial charge in [-0.2, -0.15) is 0 Å². The lowest BCUT2D eigenvalue weighted by Gasteiger charge is -2.11. The molecule has 1 aliphatic carbocycles. The minimum absolute atomic E-state index is 0.187. The largest absolute Gasteiger partial charge is 0.323 e. The summed E-state index contributed by atoms with van der Waals surface area (Å²) in [4.78, 5) is 11.9. The van der Waals surface area contributed by atoms with E-state index >= 15 is 0 Å². The van der Waals surface area contributed by atoms with Crippen LogP contribution < -0.4 is 10.6 Å². The molecule has 2 N–H and O–H groups in total. The maximum atomic E-state index is 11.9. The minimum Gasteiger partial charge on any atom is -0.314 e. The van der Waals surface area contributed by atoms with Gasteiger partial charge in [-0.25, -0.2) is 4.79 Å². The lowest BCUT2D eigenvalue weighted by Crippen LogP contribution is -2.25. The van der Waals surface area contributed by atoms with E-state index in [1.54, 1.807) is 0 Å². The molecule has 1 aromatic carbocycles. The number of rotatable bonds is 3. The van der Waals surface area contributed by atoms with Crippen molar-refractivity contribution in [1.82, 2.24) is 5.32 Å². The first-order valence-electron chi connectivity index (χ1n) is 7.06. The third kappa shape index (κ3) is 4.10. The molecule has 1 aromatic rings. The van der Waals surface area contributed by atoms with E-state index in [1.807, 2.05) is 31.3 Å². The summed E-state index contributed by atoms with van der Waals surface area (Å²) in [6.45, 7) is 4.07. The summed E-state index contributed by atoms with van der Waals surface area (Å²) in [6.07, 6.45) is 6.95. The Morgan fingerprint density at radius 3 is 2.70 bits per heavy atom. The van der Waals surface area contributed by atoms with Gasteiger partial charge in [-0.1, -0.05) is 34.3 Å². The Morgan fingerprint density at radius 2 is 2.05 bits per heavy atom. The molecule has 0 aromatic heterocycles. The molecule has 0 aliphatic heterocycles. The Labute approximate surface area is 129 Å². The highest BCUT2D eigenvalue weighted by atomic mass is 79.9. The molecule has 0 unspecified atom stereocenters. The van der Waals surface area contributed by atoms with Crippen LogP contribution in [0.1, 0.15) is 38.2 Å². The van der Waals surface area contributed by atoms with Crippen LogP contribution in [-0.2, 0) is 0 Å². The Morgan fingerprint density at radius 1 is 1.35 bits per heavy atom. The first-order chi connectivity index (χ1) is 9.56. The topological polar surface area (TPSA) is 41.1 Å². The van der Waals surface area contributed by atoms with E-state index in [9.17, 15) is 4.79 Å². The molecule has 1 saturated carbocycles. The van der Waals surface area contributed by atoms with Crippen LogP contribution in [0.4, 0.5) is 10.5 Å². The molecule has 20 heavy (non-hydrogen) atoms. The van der Waals surface area contributed by atoms with E-state index in [0.29, 0.717) is 5.92 Å². The molecule has 0 spiro atoms. The number of hydrogen-bond donors (Lipinski definition) is 2. The second kappa shape index (κ2) is 6.93. The predicted octanol–water partition coefficient (Wildman–Crippen LogP) is 4.97. The van der Waals surface area contributed by atoms with Crippen molar-refractivity contribution in [2.45, 2.75) is 39.5 Å². The summed E-state index contributed by atoms with van der Waals surface area (Å²) in [5.41, 5.74) is 3.13. The number of urea groups is 1. The number of hydrogen-bond acceptors (Lipinski definition) is 1. The molecular weight excluding hydrogens is 316 g/mol. The second-order valence-electron chi connectivity index (χ2n) is 5.43. The van der Waals surface area contributed by atoms with E-state index in [0.717, 1.165) is 15.7 Å². The van der Waals surface area contributed by atoms with Crippen LogP contribution in [0.25, 0.3) is 0 Å². The van der Waals surface area contributed by atoms with Gasteiger partial charge in [0.15, 0.2) is 0 Å². The zero-order valence-electron chi connectivity index (χ0n) is 12.0. The Bertz CT molecular complexity index is 519. The minimum atomic E-state index is -0.187. The van der Waals surface area contributed by atoms with Crippen molar-refractivity contribution < 1.29 is 4.79 Å². The fourth-order valence-electron chi connectivity index (χ4n) is 2.60. The van der Waals surface area contributed by atoms with Crippen LogP contribution in [0.5, 0.6) is 0 Å². The van der Waals surface area contributed by atoms with Crippen LogP contribution >= 0.6 is 15.9 Å². The van der Waals surface area contributed by atoms with Crippen molar-refractivity contribution in [3.8, 4) is 0 Å². The van der Waals surface area contributed by atoms with Gasteiger partial charge in [-0.15, -0.1) is 0 Å². The molecular formula is C16H21BrN2O. The van der Waals surface area contributed by atoms with E-state index in [-0.39, 0.29) is 6.03 Å². The number of carbonyl (C=O) groups is 1. The molecule has 1 fully saturated rings. The number of amides is 2. The van der Waals surface area contributed by atoms with E-state index < -0.39 is 0 Å². The zero-order chi connectivity index (χ0) is 14.5. The summed E-state index contributed by atoms with van der Waals surface area (Å²) in [7, 11) is 0.